The molecule has 0 aliphatic carbocycles. The van der Waals surface area contributed by atoms with Gasteiger partial charge in [-0.15, -0.1) is 0 Å². The molecule has 2 rings (SSSR count). The maximum Gasteiger partial charge on any atom is 0.251 e. The molecule has 0 fully saturated rings. The average Bonchev–Trinajstić information content (AvgIpc) is 2.43. The third kappa shape index (κ3) is 3.19. The zero-order valence-electron chi connectivity index (χ0n) is 10.7. The van der Waals surface area contributed by atoms with E-state index in [0.717, 1.165) is 9.26 Å². The van der Waals surface area contributed by atoms with Crippen LogP contribution in [0.4, 0.5) is 21.5 Å². The van der Waals surface area contributed by atoms with Gasteiger partial charge >= 0.3 is 0 Å². The van der Waals surface area contributed by atoms with Crippen molar-refractivity contribution < 1.29 is 9.18 Å². The molecule has 6 heteroatoms. The third-order valence-corrected chi connectivity index (χ3v) is 3.64. The maximum absolute atomic E-state index is 13.1. The van der Waals surface area contributed by atoms with E-state index >= 15 is 0 Å². The molecule has 104 valence electrons. The van der Waals surface area contributed by atoms with Crippen molar-refractivity contribution >= 4 is 45.6 Å². The van der Waals surface area contributed by atoms with Gasteiger partial charge in [0.05, 0.1) is 17.1 Å². The standard InChI is InChI=1S/C14H13FIN3O/c1-18-14(20)8-2-4-11(17)13(6-8)19-12-5-3-9(15)7-10(12)16/h2-7,19H,17H2,1H3,(H,18,20). The summed E-state index contributed by atoms with van der Waals surface area (Å²) >= 11 is 2.03. The minimum atomic E-state index is -0.299. The fourth-order valence-corrected chi connectivity index (χ4v) is 2.30. The monoisotopic (exact) mass is 385 g/mol. The summed E-state index contributed by atoms with van der Waals surface area (Å²) < 4.78 is 13.8. The van der Waals surface area contributed by atoms with Crippen molar-refractivity contribution in [3.05, 3.63) is 51.3 Å². The number of nitrogen functional groups attached to an aromatic ring is 1. The number of carbonyl (C=O) groups is 1. The molecule has 0 radical (unpaired) electrons. The van der Waals surface area contributed by atoms with E-state index in [1.807, 2.05) is 22.6 Å². The minimum absolute atomic E-state index is 0.193. The van der Waals surface area contributed by atoms with E-state index in [-0.39, 0.29) is 11.7 Å². The van der Waals surface area contributed by atoms with Gasteiger partial charge < -0.3 is 16.4 Å². The molecule has 0 saturated heterocycles. The Morgan fingerprint density at radius 3 is 2.60 bits per heavy atom. The highest BCUT2D eigenvalue weighted by atomic mass is 127. The Balaban J connectivity index is 2.35. The van der Waals surface area contributed by atoms with Crippen LogP contribution in [-0.4, -0.2) is 13.0 Å². The first-order valence-electron chi connectivity index (χ1n) is 5.85. The Morgan fingerprint density at radius 2 is 1.95 bits per heavy atom. The lowest BCUT2D eigenvalue weighted by atomic mass is 10.1. The largest absolute Gasteiger partial charge is 0.397 e. The number of carbonyl (C=O) groups excluding carboxylic acids is 1. The van der Waals surface area contributed by atoms with Crippen molar-refractivity contribution in [2.24, 2.45) is 0 Å². The lowest BCUT2D eigenvalue weighted by Crippen LogP contribution is -2.18. The first-order valence-corrected chi connectivity index (χ1v) is 6.93. The van der Waals surface area contributed by atoms with E-state index in [1.165, 1.54) is 12.1 Å². The summed E-state index contributed by atoms with van der Waals surface area (Å²) in [5.74, 6) is -0.492. The Morgan fingerprint density at radius 1 is 1.20 bits per heavy atom. The lowest BCUT2D eigenvalue weighted by Gasteiger charge is -2.12. The quantitative estimate of drug-likeness (QED) is 0.562. The highest BCUT2D eigenvalue weighted by molar-refractivity contribution is 14.1. The van der Waals surface area contributed by atoms with Gasteiger partial charge in [-0.05, 0) is 59.0 Å². The van der Waals surface area contributed by atoms with E-state index in [9.17, 15) is 9.18 Å². The highest BCUT2D eigenvalue weighted by Gasteiger charge is 2.08. The molecule has 0 bridgehead atoms. The summed E-state index contributed by atoms with van der Waals surface area (Å²) in [7, 11) is 1.56. The van der Waals surface area contributed by atoms with E-state index in [0.29, 0.717) is 16.9 Å². The molecule has 0 aliphatic rings. The molecular formula is C14H13FIN3O. The fourth-order valence-electron chi connectivity index (χ4n) is 1.69. The molecular weight excluding hydrogens is 372 g/mol. The van der Waals surface area contributed by atoms with Crippen LogP contribution in [0, 0.1) is 9.39 Å². The van der Waals surface area contributed by atoms with Gasteiger partial charge in [0.2, 0.25) is 0 Å². The average molecular weight is 385 g/mol. The molecule has 0 aliphatic heterocycles. The molecule has 1 amide bonds. The zero-order valence-corrected chi connectivity index (χ0v) is 12.9. The van der Waals surface area contributed by atoms with Crippen molar-refractivity contribution in [1.82, 2.24) is 5.32 Å². The molecule has 4 nitrogen and oxygen atoms in total. The normalized spacial score (nSPS) is 10.2. The molecule has 0 unspecified atom stereocenters. The second-order valence-electron chi connectivity index (χ2n) is 4.13. The Bertz CT molecular complexity index is 661. The Kier molecular flexibility index (Phi) is 4.43. The summed E-state index contributed by atoms with van der Waals surface area (Å²) in [6, 6.07) is 9.37. The number of rotatable bonds is 3. The van der Waals surface area contributed by atoms with Gasteiger partial charge in [-0.1, -0.05) is 0 Å². The lowest BCUT2D eigenvalue weighted by molar-refractivity contribution is 0.0963. The van der Waals surface area contributed by atoms with Gasteiger partial charge in [0.15, 0.2) is 0 Å². The SMILES string of the molecule is CNC(=O)c1ccc(N)c(Nc2ccc(F)cc2I)c1. The summed E-state index contributed by atoms with van der Waals surface area (Å²) in [6.45, 7) is 0. The minimum Gasteiger partial charge on any atom is -0.397 e. The van der Waals surface area contributed by atoms with Gasteiger partial charge in [-0.2, -0.15) is 0 Å². The molecule has 0 heterocycles. The van der Waals surface area contributed by atoms with Crippen molar-refractivity contribution in [1.29, 1.82) is 0 Å². The number of nitrogens with one attached hydrogen (secondary N) is 2. The fraction of sp³-hybridized carbons (Fsp3) is 0.0714. The van der Waals surface area contributed by atoms with Gasteiger partial charge in [0.25, 0.3) is 5.91 Å². The third-order valence-electron chi connectivity index (χ3n) is 2.74. The van der Waals surface area contributed by atoms with Crippen LogP contribution < -0.4 is 16.4 Å². The molecule has 0 atom stereocenters. The second kappa shape index (κ2) is 6.08. The number of hydrogen-bond donors (Lipinski definition) is 3. The van der Waals surface area contributed by atoms with Gasteiger partial charge in [-0.25, -0.2) is 4.39 Å². The first-order chi connectivity index (χ1) is 9.51. The summed E-state index contributed by atoms with van der Waals surface area (Å²) in [5, 5.41) is 5.66. The number of halogens is 2. The van der Waals surface area contributed by atoms with Crippen molar-refractivity contribution in [3.8, 4) is 0 Å². The second-order valence-corrected chi connectivity index (χ2v) is 5.29. The van der Waals surface area contributed by atoms with Crippen LogP contribution in [0.25, 0.3) is 0 Å². The summed E-state index contributed by atoms with van der Waals surface area (Å²) in [6.07, 6.45) is 0. The molecule has 0 saturated carbocycles. The van der Waals surface area contributed by atoms with Gasteiger partial charge in [0.1, 0.15) is 5.82 Å². The van der Waals surface area contributed by atoms with Gasteiger partial charge in [0, 0.05) is 16.2 Å². The van der Waals surface area contributed by atoms with E-state index in [2.05, 4.69) is 10.6 Å². The highest BCUT2D eigenvalue weighted by Crippen LogP contribution is 2.27. The van der Waals surface area contributed by atoms with E-state index in [1.54, 1.807) is 31.3 Å². The molecule has 0 aromatic heterocycles. The first kappa shape index (κ1) is 14.6. The molecule has 0 spiro atoms. The van der Waals surface area contributed by atoms with Crippen LogP contribution in [0.15, 0.2) is 36.4 Å². The number of hydrogen-bond acceptors (Lipinski definition) is 3. The van der Waals surface area contributed by atoms with Crippen molar-refractivity contribution in [3.63, 3.8) is 0 Å². The maximum atomic E-state index is 13.1. The predicted octanol–water partition coefficient (Wildman–Crippen LogP) is 3.12. The number of anilines is 3. The van der Waals surface area contributed by atoms with Crippen LogP contribution in [-0.2, 0) is 0 Å². The molecule has 4 N–H and O–H groups in total. The van der Waals surface area contributed by atoms with E-state index < -0.39 is 0 Å². The van der Waals surface area contributed by atoms with Crippen LogP contribution in [0.2, 0.25) is 0 Å². The smallest absolute Gasteiger partial charge is 0.251 e. The van der Waals surface area contributed by atoms with Crippen LogP contribution in [0.5, 0.6) is 0 Å². The molecule has 2 aromatic rings. The number of nitrogens with two attached hydrogens (primary N) is 1. The Hall–Kier alpha value is -1.83. The predicted molar refractivity (Wildman–Crippen MR) is 86.6 cm³/mol. The molecule has 2 aromatic carbocycles. The molecule has 20 heavy (non-hydrogen) atoms. The van der Waals surface area contributed by atoms with E-state index in [4.69, 9.17) is 5.73 Å². The Labute approximate surface area is 129 Å². The summed E-state index contributed by atoms with van der Waals surface area (Å²) in [4.78, 5) is 11.6. The zero-order chi connectivity index (χ0) is 14.7. The number of amides is 1. The van der Waals surface area contributed by atoms with Crippen molar-refractivity contribution in [2.75, 3.05) is 18.1 Å². The van der Waals surface area contributed by atoms with Crippen LogP contribution in [0.1, 0.15) is 10.4 Å². The van der Waals surface area contributed by atoms with Crippen LogP contribution >= 0.6 is 22.6 Å². The topological polar surface area (TPSA) is 67.2 Å². The van der Waals surface area contributed by atoms with Crippen molar-refractivity contribution in [2.45, 2.75) is 0 Å². The van der Waals surface area contributed by atoms with Crippen LogP contribution in [0.3, 0.4) is 0 Å². The summed E-state index contributed by atoms with van der Waals surface area (Å²) in [5.41, 5.74) is 8.24. The van der Waals surface area contributed by atoms with Gasteiger partial charge in [-0.3, -0.25) is 4.79 Å². The number of benzene rings is 2.